The zero-order valence-corrected chi connectivity index (χ0v) is 11.4. The number of rotatable bonds is 1. The van der Waals surface area contributed by atoms with E-state index in [2.05, 4.69) is 30.1 Å². The molecule has 100 valence electrons. The second-order valence-electron chi connectivity index (χ2n) is 5.14. The van der Waals surface area contributed by atoms with Crippen LogP contribution in [0.25, 0.3) is 11.1 Å². The number of allylic oxidation sites excluding steroid dienone is 2. The van der Waals surface area contributed by atoms with Gasteiger partial charge in [-0.3, -0.25) is 0 Å². The molecule has 1 heterocycles. The summed E-state index contributed by atoms with van der Waals surface area (Å²) in [4.78, 5) is 2.95. The van der Waals surface area contributed by atoms with Crippen LogP contribution in [0, 0.1) is 11.3 Å². The van der Waals surface area contributed by atoms with Gasteiger partial charge in [0.1, 0.15) is 11.6 Å². The molecule has 3 nitrogen and oxygen atoms in total. The summed E-state index contributed by atoms with van der Waals surface area (Å²) in [6.45, 7) is 2.09. The lowest BCUT2D eigenvalue weighted by atomic mass is 9.85. The Hall–Kier alpha value is -2.47. The Morgan fingerprint density at radius 3 is 2.70 bits per heavy atom. The maximum absolute atomic E-state index is 9.87. The van der Waals surface area contributed by atoms with E-state index in [9.17, 15) is 10.4 Å². The van der Waals surface area contributed by atoms with E-state index < -0.39 is 0 Å². The molecule has 0 saturated heterocycles. The van der Waals surface area contributed by atoms with Gasteiger partial charge in [0.05, 0.1) is 0 Å². The smallest absolute Gasteiger partial charge is 0.207 e. The van der Waals surface area contributed by atoms with Crippen molar-refractivity contribution in [3.05, 3.63) is 52.7 Å². The molecule has 0 radical (unpaired) electrons. The van der Waals surface area contributed by atoms with Gasteiger partial charge >= 0.3 is 0 Å². The largest absolute Gasteiger partial charge is 0.494 e. The number of benzene rings is 1. The monoisotopic (exact) mass is 264 g/mol. The van der Waals surface area contributed by atoms with Crippen LogP contribution in [0.15, 0.2) is 30.3 Å². The molecule has 0 unspecified atom stereocenters. The minimum Gasteiger partial charge on any atom is -0.494 e. The van der Waals surface area contributed by atoms with Crippen LogP contribution < -0.4 is 0 Å². The van der Waals surface area contributed by atoms with Gasteiger partial charge in [-0.2, -0.15) is 5.26 Å². The Bertz CT molecular complexity index is 717. The SMILES string of the molecule is C/C(=C1/CCCc2[nH]c(O)c(C#N)c21)c1ccccc1. The van der Waals surface area contributed by atoms with Crippen LogP contribution >= 0.6 is 0 Å². The molecule has 2 N–H and O–H groups in total. The van der Waals surface area contributed by atoms with Crippen LogP contribution in [-0.4, -0.2) is 10.1 Å². The van der Waals surface area contributed by atoms with Crippen molar-refractivity contribution >= 4 is 11.1 Å². The quantitative estimate of drug-likeness (QED) is 0.821. The molecule has 1 aliphatic rings. The molecule has 0 bridgehead atoms. The van der Waals surface area contributed by atoms with E-state index in [-0.39, 0.29) is 5.88 Å². The third kappa shape index (κ3) is 1.90. The molecule has 0 spiro atoms. The van der Waals surface area contributed by atoms with Crippen LogP contribution in [-0.2, 0) is 6.42 Å². The van der Waals surface area contributed by atoms with Crippen molar-refractivity contribution in [3.63, 3.8) is 0 Å². The molecule has 2 aromatic rings. The van der Waals surface area contributed by atoms with Crippen LogP contribution in [0.3, 0.4) is 0 Å². The molecule has 3 heteroatoms. The van der Waals surface area contributed by atoms with Crippen molar-refractivity contribution in [2.24, 2.45) is 0 Å². The summed E-state index contributed by atoms with van der Waals surface area (Å²) in [5.74, 6) is -0.00207. The first-order chi connectivity index (χ1) is 9.72. The zero-order valence-electron chi connectivity index (χ0n) is 11.4. The second kappa shape index (κ2) is 4.90. The number of nitrogens with one attached hydrogen (secondary N) is 1. The van der Waals surface area contributed by atoms with E-state index in [0.717, 1.165) is 30.5 Å². The summed E-state index contributed by atoms with van der Waals surface area (Å²) >= 11 is 0. The van der Waals surface area contributed by atoms with Crippen LogP contribution in [0.1, 0.15) is 42.1 Å². The highest BCUT2D eigenvalue weighted by Crippen LogP contribution is 2.40. The standard InChI is InChI=1S/C17H16N2O/c1-11(12-6-3-2-4-7-12)13-8-5-9-15-16(13)14(10-18)17(20)19-15/h2-4,6-7,19-20H,5,8-9H2,1H3/b13-11+. The summed E-state index contributed by atoms with van der Waals surface area (Å²) in [6.07, 6.45) is 2.87. The fourth-order valence-corrected chi connectivity index (χ4v) is 2.97. The van der Waals surface area contributed by atoms with Gasteiger partial charge in [-0.25, -0.2) is 0 Å². The number of aromatic hydroxyl groups is 1. The maximum Gasteiger partial charge on any atom is 0.207 e. The van der Waals surface area contributed by atoms with Gasteiger partial charge in [0.25, 0.3) is 0 Å². The Kier molecular flexibility index (Phi) is 3.08. The highest BCUT2D eigenvalue weighted by Gasteiger charge is 2.25. The molecular weight excluding hydrogens is 248 g/mol. The van der Waals surface area contributed by atoms with Crippen molar-refractivity contribution in [1.29, 1.82) is 5.26 Å². The summed E-state index contributed by atoms with van der Waals surface area (Å²) in [6, 6.07) is 12.3. The third-order valence-corrected chi connectivity index (χ3v) is 3.98. The van der Waals surface area contributed by atoms with E-state index in [1.54, 1.807) is 0 Å². The molecule has 1 aromatic carbocycles. The first kappa shape index (κ1) is 12.6. The molecule has 0 saturated carbocycles. The summed E-state index contributed by atoms with van der Waals surface area (Å²) in [5, 5.41) is 19.2. The minimum atomic E-state index is -0.00207. The average molecular weight is 264 g/mol. The number of H-pyrrole nitrogens is 1. The highest BCUT2D eigenvalue weighted by molar-refractivity contribution is 5.93. The number of nitriles is 1. The molecule has 0 atom stereocenters. The number of nitrogens with zero attached hydrogens (tertiary/aromatic N) is 1. The zero-order chi connectivity index (χ0) is 14.1. The summed E-state index contributed by atoms with van der Waals surface area (Å²) < 4.78 is 0. The number of aryl methyl sites for hydroxylation is 1. The number of hydrogen-bond donors (Lipinski definition) is 2. The lowest BCUT2D eigenvalue weighted by Crippen LogP contribution is -2.03. The fourth-order valence-electron chi connectivity index (χ4n) is 2.97. The maximum atomic E-state index is 9.87. The van der Waals surface area contributed by atoms with Crippen LogP contribution in [0.2, 0.25) is 0 Å². The second-order valence-corrected chi connectivity index (χ2v) is 5.14. The van der Waals surface area contributed by atoms with E-state index in [1.807, 2.05) is 18.2 Å². The van der Waals surface area contributed by atoms with Gasteiger partial charge in [0.15, 0.2) is 0 Å². The average Bonchev–Trinajstić information content (AvgIpc) is 2.82. The van der Waals surface area contributed by atoms with Crippen molar-refractivity contribution in [2.75, 3.05) is 0 Å². The van der Waals surface area contributed by atoms with Gasteiger partial charge in [0.2, 0.25) is 5.88 Å². The molecular formula is C17H16N2O. The van der Waals surface area contributed by atoms with E-state index in [0.29, 0.717) is 5.56 Å². The van der Waals surface area contributed by atoms with E-state index in [1.165, 1.54) is 16.7 Å². The first-order valence-corrected chi connectivity index (χ1v) is 6.82. The van der Waals surface area contributed by atoms with Gasteiger partial charge in [0, 0.05) is 11.3 Å². The third-order valence-electron chi connectivity index (χ3n) is 3.98. The molecule has 1 aromatic heterocycles. The van der Waals surface area contributed by atoms with Gasteiger partial charge < -0.3 is 10.1 Å². The van der Waals surface area contributed by atoms with E-state index >= 15 is 0 Å². The summed E-state index contributed by atoms with van der Waals surface area (Å²) in [5.41, 5.74) is 5.80. The fraction of sp³-hybridized carbons (Fsp3) is 0.235. The number of aromatic nitrogens is 1. The number of fused-ring (bicyclic) bond motifs is 1. The minimum absolute atomic E-state index is 0.00207. The first-order valence-electron chi connectivity index (χ1n) is 6.82. The van der Waals surface area contributed by atoms with E-state index in [4.69, 9.17) is 0 Å². The van der Waals surface area contributed by atoms with Gasteiger partial charge in [-0.1, -0.05) is 30.3 Å². The number of aromatic amines is 1. The predicted octanol–water partition coefficient (Wildman–Crippen LogP) is 3.86. The van der Waals surface area contributed by atoms with Crippen LogP contribution in [0.5, 0.6) is 5.88 Å². The van der Waals surface area contributed by atoms with Crippen molar-refractivity contribution in [1.82, 2.24) is 4.98 Å². The Balaban J connectivity index is 2.22. The lowest BCUT2D eigenvalue weighted by Gasteiger charge is -2.18. The molecule has 0 fully saturated rings. The summed E-state index contributed by atoms with van der Waals surface area (Å²) in [7, 11) is 0. The number of hydrogen-bond acceptors (Lipinski definition) is 2. The van der Waals surface area contributed by atoms with Gasteiger partial charge in [-0.05, 0) is 42.9 Å². The lowest BCUT2D eigenvalue weighted by molar-refractivity contribution is 0.454. The molecule has 1 aliphatic carbocycles. The molecule has 3 rings (SSSR count). The highest BCUT2D eigenvalue weighted by atomic mass is 16.3. The molecule has 0 aliphatic heterocycles. The van der Waals surface area contributed by atoms with Crippen molar-refractivity contribution in [2.45, 2.75) is 26.2 Å². The normalized spacial score (nSPS) is 16.4. The Morgan fingerprint density at radius 2 is 2.00 bits per heavy atom. The van der Waals surface area contributed by atoms with Crippen molar-refractivity contribution in [3.8, 4) is 11.9 Å². The van der Waals surface area contributed by atoms with Gasteiger partial charge in [-0.15, -0.1) is 0 Å². The Labute approximate surface area is 118 Å². The predicted molar refractivity (Wildman–Crippen MR) is 79.0 cm³/mol. The topological polar surface area (TPSA) is 59.8 Å². The molecule has 0 amide bonds. The molecule has 20 heavy (non-hydrogen) atoms. The van der Waals surface area contributed by atoms with Crippen LogP contribution in [0.4, 0.5) is 0 Å². The van der Waals surface area contributed by atoms with Crippen molar-refractivity contribution < 1.29 is 5.11 Å². The Morgan fingerprint density at radius 1 is 1.25 bits per heavy atom.